The summed E-state index contributed by atoms with van der Waals surface area (Å²) in [7, 11) is 0. The Labute approximate surface area is 183 Å². The van der Waals surface area contributed by atoms with E-state index in [9.17, 15) is 14.0 Å². The molecule has 0 radical (unpaired) electrons. The third kappa shape index (κ3) is 4.87. The van der Waals surface area contributed by atoms with Crippen molar-refractivity contribution in [1.29, 1.82) is 0 Å². The maximum atomic E-state index is 13.3. The number of hydrogen-bond donors (Lipinski definition) is 3. The summed E-state index contributed by atoms with van der Waals surface area (Å²) in [4.78, 5) is 31.7. The molecular formula is C21H22FN5O3S. The predicted octanol–water partition coefficient (Wildman–Crippen LogP) is 2.35. The molecule has 2 aliphatic heterocycles. The van der Waals surface area contributed by atoms with Gasteiger partial charge in [0.25, 0.3) is 0 Å². The molecule has 0 bridgehead atoms. The number of anilines is 2. The second-order valence-electron chi connectivity index (χ2n) is 6.94. The molecule has 4 rings (SSSR count). The van der Waals surface area contributed by atoms with Gasteiger partial charge < -0.3 is 10.1 Å². The molecule has 2 aromatic rings. The summed E-state index contributed by atoms with van der Waals surface area (Å²) in [6.07, 6.45) is -0.389. The number of carbonyl (C=O) groups is 2. The van der Waals surface area contributed by atoms with Gasteiger partial charge in [-0.25, -0.2) is 14.8 Å². The SMILES string of the molecule is CCOc1ccc(N2C(=O)C3CNNC3N=C2SCC(=O)Nc2cccc(F)c2)cc1. The van der Waals surface area contributed by atoms with Gasteiger partial charge >= 0.3 is 0 Å². The van der Waals surface area contributed by atoms with Crippen LogP contribution in [0.3, 0.4) is 0 Å². The number of carbonyl (C=O) groups excluding carboxylic acids is 2. The number of halogens is 1. The Morgan fingerprint density at radius 3 is 2.87 bits per heavy atom. The maximum Gasteiger partial charge on any atom is 0.241 e. The molecule has 0 spiro atoms. The molecule has 162 valence electrons. The average molecular weight is 444 g/mol. The van der Waals surface area contributed by atoms with Gasteiger partial charge in [-0.3, -0.25) is 19.9 Å². The van der Waals surface area contributed by atoms with Gasteiger partial charge in [0.05, 0.1) is 24.0 Å². The van der Waals surface area contributed by atoms with Gasteiger partial charge in [-0.05, 0) is 49.4 Å². The number of hydrogen-bond acceptors (Lipinski definition) is 7. The van der Waals surface area contributed by atoms with Crippen molar-refractivity contribution in [1.82, 2.24) is 10.9 Å². The number of ether oxygens (including phenoxy) is 1. The Balaban J connectivity index is 1.51. The molecule has 2 heterocycles. The monoisotopic (exact) mass is 443 g/mol. The lowest BCUT2D eigenvalue weighted by atomic mass is 10.0. The van der Waals surface area contributed by atoms with Crippen LogP contribution in [0.15, 0.2) is 53.5 Å². The minimum Gasteiger partial charge on any atom is -0.494 e. The van der Waals surface area contributed by atoms with Crippen molar-refractivity contribution in [3.05, 3.63) is 54.3 Å². The van der Waals surface area contributed by atoms with Gasteiger partial charge in [-0.2, -0.15) is 0 Å². The summed E-state index contributed by atoms with van der Waals surface area (Å²) in [5, 5.41) is 3.07. The van der Waals surface area contributed by atoms with E-state index in [1.807, 2.05) is 6.92 Å². The Bertz CT molecular complexity index is 1000. The zero-order valence-electron chi connectivity index (χ0n) is 16.8. The lowest BCUT2D eigenvalue weighted by molar-refractivity contribution is -0.121. The van der Waals surface area contributed by atoms with Gasteiger partial charge in [-0.15, -0.1) is 0 Å². The van der Waals surface area contributed by atoms with E-state index in [2.05, 4.69) is 21.2 Å². The van der Waals surface area contributed by atoms with Crippen LogP contribution in [-0.4, -0.2) is 42.1 Å². The smallest absolute Gasteiger partial charge is 0.241 e. The number of nitrogens with one attached hydrogen (secondary N) is 3. The first-order valence-electron chi connectivity index (χ1n) is 9.86. The van der Waals surface area contributed by atoms with Crippen LogP contribution in [0.5, 0.6) is 5.75 Å². The Morgan fingerprint density at radius 1 is 1.32 bits per heavy atom. The topological polar surface area (TPSA) is 95.1 Å². The highest BCUT2D eigenvalue weighted by Gasteiger charge is 2.42. The minimum absolute atomic E-state index is 0.0149. The van der Waals surface area contributed by atoms with E-state index in [0.717, 1.165) is 11.8 Å². The van der Waals surface area contributed by atoms with Crippen LogP contribution < -0.4 is 25.8 Å². The van der Waals surface area contributed by atoms with Crippen molar-refractivity contribution < 1.29 is 18.7 Å². The van der Waals surface area contributed by atoms with E-state index in [1.165, 1.54) is 23.1 Å². The quantitative estimate of drug-likeness (QED) is 0.635. The summed E-state index contributed by atoms with van der Waals surface area (Å²) in [5.74, 6) is -0.469. The minimum atomic E-state index is -0.430. The third-order valence-electron chi connectivity index (χ3n) is 4.78. The van der Waals surface area contributed by atoms with Gasteiger partial charge in [0.1, 0.15) is 17.7 Å². The van der Waals surface area contributed by atoms with Crippen LogP contribution in [0.1, 0.15) is 6.92 Å². The number of thioether (sulfide) groups is 1. The van der Waals surface area contributed by atoms with Crippen molar-refractivity contribution >= 4 is 40.1 Å². The molecule has 2 aromatic carbocycles. The number of aliphatic imine (C=N–C) groups is 1. The fourth-order valence-electron chi connectivity index (χ4n) is 3.36. The Morgan fingerprint density at radius 2 is 2.13 bits per heavy atom. The van der Waals surface area contributed by atoms with E-state index >= 15 is 0 Å². The molecule has 2 atom stereocenters. The fraction of sp³-hybridized carbons (Fsp3) is 0.286. The van der Waals surface area contributed by atoms with Crippen molar-refractivity contribution in [2.45, 2.75) is 13.1 Å². The zero-order chi connectivity index (χ0) is 21.8. The number of rotatable bonds is 6. The lowest BCUT2D eigenvalue weighted by Gasteiger charge is -2.32. The highest BCUT2D eigenvalue weighted by atomic mass is 32.2. The largest absolute Gasteiger partial charge is 0.494 e. The fourth-order valence-corrected chi connectivity index (χ4v) is 4.20. The van der Waals surface area contributed by atoms with Gasteiger partial charge in [0, 0.05) is 12.2 Å². The van der Waals surface area contributed by atoms with Crippen molar-refractivity contribution in [3.8, 4) is 5.75 Å². The second kappa shape index (κ2) is 9.46. The summed E-state index contributed by atoms with van der Waals surface area (Å²) in [6, 6.07) is 12.9. The van der Waals surface area contributed by atoms with Crippen LogP contribution >= 0.6 is 11.8 Å². The van der Waals surface area contributed by atoms with Crippen LogP contribution in [0.2, 0.25) is 0 Å². The Hall–Kier alpha value is -2.95. The summed E-state index contributed by atoms with van der Waals surface area (Å²) < 4.78 is 18.8. The second-order valence-corrected chi connectivity index (χ2v) is 7.88. The van der Waals surface area contributed by atoms with Crippen molar-refractivity contribution in [2.75, 3.05) is 29.1 Å². The van der Waals surface area contributed by atoms with Gasteiger partial charge in [0.2, 0.25) is 11.8 Å². The van der Waals surface area contributed by atoms with Gasteiger partial charge in [-0.1, -0.05) is 17.8 Å². The molecule has 3 N–H and O–H groups in total. The number of amides is 2. The molecule has 2 amide bonds. The molecule has 8 nitrogen and oxygen atoms in total. The zero-order valence-corrected chi connectivity index (χ0v) is 17.6. The Kier molecular flexibility index (Phi) is 6.50. The standard InChI is InChI=1S/C21H22FN5O3S/c1-2-30-16-8-6-15(7-9-16)27-20(29)17-11-23-26-19(17)25-21(27)31-12-18(28)24-14-5-3-4-13(22)10-14/h3-10,17,19,23,26H,2,11-12H2,1H3,(H,24,28). The lowest BCUT2D eigenvalue weighted by Crippen LogP contribution is -2.49. The maximum absolute atomic E-state index is 13.3. The van der Waals surface area contributed by atoms with Gasteiger partial charge in [0.15, 0.2) is 5.17 Å². The number of benzene rings is 2. The van der Waals surface area contributed by atoms with Crippen LogP contribution in [0.4, 0.5) is 15.8 Å². The molecule has 2 aliphatic rings. The summed E-state index contributed by atoms with van der Waals surface area (Å²) in [6.45, 7) is 2.92. The van der Waals surface area contributed by atoms with Crippen molar-refractivity contribution in [3.63, 3.8) is 0 Å². The van der Waals surface area contributed by atoms with Crippen LogP contribution in [0, 0.1) is 11.7 Å². The third-order valence-corrected chi connectivity index (χ3v) is 5.73. The first-order valence-corrected chi connectivity index (χ1v) is 10.8. The van der Waals surface area contributed by atoms with Crippen LogP contribution in [-0.2, 0) is 9.59 Å². The highest BCUT2D eigenvalue weighted by molar-refractivity contribution is 8.14. The van der Waals surface area contributed by atoms with E-state index in [4.69, 9.17) is 4.74 Å². The normalized spacial score (nSPS) is 20.3. The molecule has 0 saturated carbocycles. The molecule has 1 saturated heterocycles. The number of hydrazine groups is 1. The first-order chi connectivity index (χ1) is 15.0. The van der Waals surface area contributed by atoms with Crippen molar-refractivity contribution in [2.24, 2.45) is 10.9 Å². The van der Waals surface area contributed by atoms with E-state index in [0.29, 0.717) is 35.4 Å². The predicted molar refractivity (Wildman–Crippen MR) is 118 cm³/mol. The summed E-state index contributed by atoms with van der Waals surface area (Å²) >= 11 is 1.15. The number of fused-ring (bicyclic) bond motifs is 1. The number of nitrogens with zero attached hydrogens (tertiary/aromatic N) is 2. The van der Waals surface area contributed by atoms with E-state index in [-0.39, 0.29) is 29.7 Å². The summed E-state index contributed by atoms with van der Waals surface area (Å²) in [5.41, 5.74) is 6.98. The highest BCUT2D eigenvalue weighted by Crippen LogP contribution is 2.30. The average Bonchev–Trinajstić information content (AvgIpc) is 3.22. The van der Waals surface area contributed by atoms with E-state index in [1.54, 1.807) is 30.3 Å². The molecule has 31 heavy (non-hydrogen) atoms. The first kappa shape index (κ1) is 21.3. The molecule has 0 aliphatic carbocycles. The van der Waals surface area contributed by atoms with E-state index < -0.39 is 5.82 Å². The molecule has 0 aromatic heterocycles. The molecule has 1 fully saturated rings. The molecular weight excluding hydrogens is 421 g/mol. The van der Waals surface area contributed by atoms with Crippen LogP contribution in [0.25, 0.3) is 0 Å². The molecule has 10 heteroatoms. The molecule has 2 unspecified atom stereocenters. The number of amidine groups is 1.